The van der Waals surface area contributed by atoms with Gasteiger partial charge in [0.05, 0.1) is 10.5 Å². The smallest absolute Gasteiger partial charge is 0.313 e. The lowest BCUT2D eigenvalue weighted by molar-refractivity contribution is -0.137. The SMILES string of the molecule is O=S(=O)(NCCNC1CC1)c1cccc(C(F)(F)F)c1. The quantitative estimate of drug-likeness (QED) is 0.787. The Bertz CT molecular complexity index is 568. The Morgan fingerprint density at radius 3 is 2.50 bits per heavy atom. The lowest BCUT2D eigenvalue weighted by Gasteiger charge is -2.10. The molecule has 0 aliphatic heterocycles. The molecule has 0 saturated heterocycles. The van der Waals surface area contributed by atoms with Crippen molar-refractivity contribution in [3.05, 3.63) is 29.8 Å². The van der Waals surface area contributed by atoms with Crippen LogP contribution in [0.15, 0.2) is 29.2 Å². The van der Waals surface area contributed by atoms with Crippen molar-refractivity contribution >= 4 is 10.0 Å². The molecule has 0 aromatic heterocycles. The van der Waals surface area contributed by atoms with Crippen LogP contribution < -0.4 is 10.0 Å². The summed E-state index contributed by atoms with van der Waals surface area (Å²) in [7, 11) is -3.91. The first kappa shape index (κ1) is 15.3. The predicted molar refractivity (Wildman–Crippen MR) is 67.7 cm³/mol. The highest BCUT2D eigenvalue weighted by atomic mass is 32.2. The van der Waals surface area contributed by atoms with Crippen LogP contribution in [0.4, 0.5) is 13.2 Å². The molecule has 0 spiro atoms. The van der Waals surface area contributed by atoms with Crippen LogP contribution in [-0.4, -0.2) is 27.5 Å². The van der Waals surface area contributed by atoms with E-state index in [1.807, 2.05) is 0 Å². The van der Waals surface area contributed by atoms with Crippen LogP contribution in [0, 0.1) is 0 Å². The molecule has 1 aromatic rings. The van der Waals surface area contributed by atoms with E-state index >= 15 is 0 Å². The maximum Gasteiger partial charge on any atom is 0.416 e. The normalized spacial score (nSPS) is 16.4. The first-order chi connectivity index (χ1) is 9.29. The number of alkyl halides is 3. The fourth-order valence-corrected chi connectivity index (χ4v) is 2.75. The van der Waals surface area contributed by atoms with Crippen LogP contribution in [0.1, 0.15) is 18.4 Å². The Kier molecular flexibility index (Phi) is 4.36. The van der Waals surface area contributed by atoms with Gasteiger partial charge in [0.25, 0.3) is 0 Å². The van der Waals surface area contributed by atoms with Crippen molar-refractivity contribution in [2.75, 3.05) is 13.1 Å². The van der Waals surface area contributed by atoms with Crippen LogP contribution >= 0.6 is 0 Å². The maximum absolute atomic E-state index is 12.5. The fourth-order valence-electron chi connectivity index (χ4n) is 1.67. The van der Waals surface area contributed by atoms with Crippen LogP contribution in [0.25, 0.3) is 0 Å². The van der Waals surface area contributed by atoms with Crippen LogP contribution in [0.2, 0.25) is 0 Å². The van der Waals surface area contributed by atoms with Crippen molar-refractivity contribution in [2.24, 2.45) is 0 Å². The molecular weight excluding hydrogens is 293 g/mol. The van der Waals surface area contributed by atoms with Gasteiger partial charge in [-0.25, -0.2) is 13.1 Å². The third kappa shape index (κ3) is 4.19. The van der Waals surface area contributed by atoms with E-state index in [1.165, 1.54) is 0 Å². The summed E-state index contributed by atoms with van der Waals surface area (Å²) in [4.78, 5) is -0.376. The fraction of sp³-hybridized carbons (Fsp3) is 0.500. The van der Waals surface area contributed by atoms with Gasteiger partial charge in [-0.1, -0.05) is 6.07 Å². The van der Waals surface area contributed by atoms with Gasteiger partial charge in [-0.15, -0.1) is 0 Å². The summed E-state index contributed by atoms with van der Waals surface area (Å²) in [6.45, 7) is 0.609. The van der Waals surface area contributed by atoms with Crippen LogP contribution in [-0.2, 0) is 16.2 Å². The molecule has 1 saturated carbocycles. The number of benzene rings is 1. The summed E-state index contributed by atoms with van der Waals surface area (Å²) in [5.74, 6) is 0. The molecule has 1 aliphatic rings. The average molecular weight is 308 g/mol. The number of hydrogen-bond acceptors (Lipinski definition) is 3. The molecule has 112 valence electrons. The molecule has 1 fully saturated rings. The largest absolute Gasteiger partial charge is 0.416 e. The van der Waals surface area contributed by atoms with E-state index in [-0.39, 0.29) is 11.4 Å². The zero-order valence-electron chi connectivity index (χ0n) is 10.6. The third-order valence-corrected chi connectivity index (χ3v) is 4.36. The first-order valence-electron chi connectivity index (χ1n) is 6.19. The second-order valence-electron chi connectivity index (χ2n) is 4.65. The van der Waals surface area contributed by atoms with Crippen molar-refractivity contribution in [1.82, 2.24) is 10.0 Å². The third-order valence-electron chi connectivity index (χ3n) is 2.90. The lowest BCUT2D eigenvalue weighted by Crippen LogP contribution is -2.32. The molecule has 0 unspecified atom stereocenters. The Hall–Kier alpha value is -1.12. The minimum Gasteiger partial charge on any atom is -0.313 e. The van der Waals surface area contributed by atoms with E-state index in [4.69, 9.17) is 0 Å². The molecule has 1 aliphatic carbocycles. The Morgan fingerprint density at radius 2 is 1.90 bits per heavy atom. The van der Waals surface area contributed by atoms with E-state index in [1.54, 1.807) is 0 Å². The number of rotatable bonds is 6. The number of hydrogen-bond donors (Lipinski definition) is 2. The molecule has 8 heteroatoms. The molecule has 0 amide bonds. The average Bonchev–Trinajstić information content (AvgIpc) is 3.18. The van der Waals surface area contributed by atoms with Gasteiger partial charge in [-0.2, -0.15) is 13.2 Å². The van der Waals surface area contributed by atoms with E-state index in [9.17, 15) is 21.6 Å². The van der Waals surface area contributed by atoms with E-state index in [2.05, 4.69) is 10.0 Å². The van der Waals surface area contributed by atoms with Crippen molar-refractivity contribution in [1.29, 1.82) is 0 Å². The molecule has 0 atom stereocenters. The molecular formula is C12H15F3N2O2S. The van der Waals surface area contributed by atoms with Gasteiger partial charge in [0.2, 0.25) is 10.0 Å². The van der Waals surface area contributed by atoms with E-state index in [0.717, 1.165) is 31.0 Å². The van der Waals surface area contributed by atoms with Gasteiger partial charge in [-0.05, 0) is 31.0 Å². The minimum atomic E-state index is -4.56. The van der Waals surface area contributed by atoms with Gasteiger partial charge >= 0.3 is 6.18 Å². The first-order valence-corrected chi connectivity index (χ1v) is 7.68. The molecule has 20 heavy (non-hydrogen) atoms. The second-order valence-corrected chi connectivity index (χ2v) is 6.42. The summed E-state index contributed by atoms with van der Waals surface area (Å²) in [5, 5.41) is 3.11. The summed E-state index contributed by atoms with van der Waals surface area (Å²) < 4.78 is 63.6. The zero-order chi connectivity index (χ0) is 14.8. The number of halogens is 3. The molecule has 2 N–H and O–H groups in total. The molecule has 0 radical (unpaired) electrons. The number of nitrogens with one attached hydrogen (secondary N) is 2. The topological polar surface area (TPSA) is 58.2 Å². The Balaban J connectivity index is 2.00. The summed E-state index contributed by atoms with van der Waals surface area (Å²) in [6, 6.07) is 4.16. The van der Waals surface area contributed by atoms with Crippen molar-refractivity contribution in [3.63, 3.8) is 0 Å². The standard InChI is InChI=1S/C12H15F3N2O2S/c13-12(14,15)9-2-1-3-11(8-9)20(18,19)17-7-6-16-10-4-5-10/h1-3,8,10,16-17H,4-7H2. The summed E-state index contributed by atoms with van der Waals surface area (Å²) in [5.41, 5.74) is -0.975. The van der Waals surface area contributed by atoms with Crippen LogP contribution in [0.3, 0.4) is 0 Å². The zero-order valence-corrected chi connectivity index (χ0v) is 11.4. The van der Waals surface area contributed by atoms with Gasteiger partial charge in [0, 0.05) is 19.1 Å². The molecule has 0 heterocycles. The van der Waals surface area contributed by atoms with Crippen molar-refractivity contribution in [2.45, 2.75) is 30.0 Å². The Morgan fingerprint density at radius 1 is 1.20 bits per heavy atom. The van der Waals surface area contributed by atoms with E-state index in [0.29, 0.717) is 18.7 Å². The van der Waals surface area contributed by atoms with Crippen molar-refractivity contribution in [3.8, 4) is 0 Å². The monoisotopic (exact) mass is 308 g/mol. The highest BCUT2D eigenvalue weighted by Crippen LogP contribution is 2.30. The van der Waals surface area contributed by atoms with E-state index < -0.39 is 21.8 Å². The second kappa shape index (κ2) is 5.71. The van der Waals surface area contributed by atoms with Gasteiger partial charge in [-0.3, -0.25) is 0 Å². The maximum atomic E-state index is 12.5. The molecule has 2 rings (SSSR count). The minimum absolute atomic E-state index is 0.148. The highest BCUT2D eigenvalue weighted by molar-refractivity contribution is 7.89. The lowest BCUT2D eigenvalue weighted by atomic mass is 10.2. The van der Waals surface area contributed by atoms with Crippen LogP contribution in [0.5, 0.6) is 0 Å². The molecule has 4 nitrogen and oxygen atoms in total. The molecule has 0 bridgehead atoms. The van der Waals surface area contributed by atoms with Gasteiger partial charge in [0.15, 0.2) is 0 Å². The Labute approximate surface area is 115 Å². The molecule has 1 aromatic carbocycles. The predicted octanol–water partition coefficient (Wildman–Crippen LogP) is 1.74. The summed E-state index contributed by atoms with van der Waals surface area (Å²) in [6.07, 6.45) is -2.39. The summed E-state index contributed by atoms with van der Waals surface area (Å²) >= 11 is 0. The van der Waals surface area contributed by atoms with Gasteiger partial charge < -0.3 is 5.32 Å². The highest BCUT2D eigenvalue weighted by Gasteiger charge is 2.31. The van der Waals surface area contributed by atoms with Gasteiger partial charge in [0.1, 0.15) is 0 Å². The van der Waals surface area contributed by atoms with Crippen molar-refractivity contribution < 1.29 is 21.6 Å². The number of sulfonamides is 1.